The van der Waals surface area contributed by atoms with E-state index in [4.69, 9.17) is 14.2 Å². The maximum absolute atomic E-state index is 12.9. The van der Waals surface area contributed by atoms with Gasteiger partial charge in [0.05, 0.1) is 30.1 Å². The number of carbonyl (C=O) groups excluding carboxylic acids is 3. The molecular formula is C20H25N3O8. The minimum absolute atomic E-state index is 0.187. The van der Waals surface area contributed by atoms with Crippen molar-refractivity contribution in [1.29, 1.82) is 0 Å². The lowest BCUT2D eigenvalue weighted by Gasteiger charge is -2.32. The first-order valence-electron chi connectivity index (χ1n) is 10.1. The molecule has 168 valence electrons. The minimum Gasteiger partial charge on any atom is -0.486 e. The van der Waals surface area contributed by atoms with Gasteiger partial charge in [-0.1, -0.05) is 0 Å². The molecule has 3 rings (SSSR count). The molecule has 2 aliphatic rings. The van der Waals surface area contributed by atoms with Gasteiger partial charge in [0.2, 0.25) is 5.91 Å². The summed E-state index contributed by atoms with van der Waals surface area (Å²) < 4.78 is 15.8. The molecule has 0 bridgehead atoms. The zero-order valence-corrected chi connectivity index (χ0v) is 17.5. The van der Waals surface area contributed by atoms with Gasteiger partial charge < -0.3 is 24.0 Å². The number of likely N-dealkylation sites (N-methyl/N-ethyl adjacent to an activating group) is 1. The fourth-order valence-corrected chi connectivity index (χ4v) is 3.64. The van der Waals surface area contributed by atoms with Crippen LogP contribution in [-0.4, -0.2) is 79.0 Å². The van der Waals surface area contributed by atoms with E-state index in [1.165, 1.54) is 18.0 Å². The van der Waals surface area contributed by atoms with Crippen molar-refractivity contribution in [2.45, 2.75) is 19.8 Å². The van der Waals surface area contributed by atoms with Crippen LogP contribution in [0.3, 0.4) is 0 Å². The lowest BCUT2D eigenvalue weighted by atomic mass is 9.98. The minimum atomic E-state index is -0.684. The van der Waals surface area contributed by atoms with Gasteiger partial charge in [0, 0.05) is 26.2 Å². The van der Waals surface area contributed by atoms with Gasteiger partial charge in [-0.05, 0) is 19.8 Å². The molecule has 2 heterocycles. The third-order valence-electron chi connectivity index (χ3n) is 5.20. The van der Waals surface area contributed by atoms with Gasteiger partial charge in [0.1, 0.15) is 18.8 Å². The number of hydrogen-bond donors (Lipinski definition) is 0. The molecular weight excluding hydrogens is 410 g/mol. The summed E-state index contributed by atoms with van der Waals surface area (Å²) in [6, 6.07) is 2.43. The lowest BCUT2D eigenvalue weighted by Crippen LogP contribution is -2.47. The van der Waals surface area contributed by atoms with Crippen molar-refractivity contribution in [1.82, 2.24) is 9.80 Å². The smallest absolute Gasteiger partial charge is 0.310 e. The first-order chi connectivity index (χ1) is 14.8. The van der Waals surface area contributed by atoms with Crippen molar-refractivity contribution in [2.75, 3.05) is 46.5 Å². The summed E-state index contributed by atoms with van der Waals surface area (Å²) >= 11 is 0. The molecule has 2 aliphatic heterocycles. The maximum atomic E-state index is 12.9. The zero-order valence-electron chi connectivity index (χ0n) is 17.5. The van der Waals surface area contributed by atoms with Gasteiger partial charge in [-0.15, -0.1) is 0 Å². The van der Waals surface area contributed by atoms with Crippen LogP contribution >= 0.6 is 0 Å². The van der Waals surface area contributed by atoms with E-state index < -0.39 is 22.4 Å². The molecule has 0 saturated carbocycles. The van der Waals surface area contributed by atoms with Crippen molar-refractivity contribution in [2.24, 2.45) is 5.92 Å². The van der Waals surface area contributed by atoms with E-state index in [1.807, 2.05) is 0 Å². The highest BCUT2D eigenvalue weighted by molar-refractivity contribution is 6.00. The van der Waals surface area contributed by atoms with Crippen molar-refractivity contribution >= 4 is 23.5 Å². The van der Waals surface area contributed by atoms with Crippen molar-refractivity contribution in [3.05, 3.63) is 27.8 Å². The van der Waals surface area contributed by atoms with Crippen LogP contribution in [0.15, 0.2) is 12.1 Å². The number of likely N-dealkylation sites (tertiary alicyclic amines) is 1. The van der Waals surface area contributed by atoms with E-state index in [9.17, 15) is 24.5 Å². The van der Waals surface area contributed by atoms with Gasteiger partial charge >= 0.3 is 5.97 Å². The van der Waals surface area contributed by atoms with E-state index >= 15 is 0 Å². The monoisotopic (exact) mass is 435 g/mol. The lowest BCUT2D eigenvalue weighted by molar-refractivity contribution is -0.385. The molecule has 1 aromatic carbocycles. The Kier molecular flexibility index (Phi) is 6.93. The number of esters is 1. The zero-order chi connectivity index (χ0) is 22.5. The molecule has 2 amide bonds. The molecule has 1 atom stereocenters. The van der Waals surface area contributed by atoms with Crippen molar-refractivity contribution < 1.29 is 33.5 Å². The summed E-state index contributed by atoms with van der Waals surface area (Å²) in [7, 11) is 1.40. The average Bonchev–Trinajstić information content (AvgIpc) is 2.77. The van der Waals surface area contributed by atoms with Crippen LogP contribution < -0.4 is 9.47 Å². The quantitative estimate of drug-likeness (QED) is 0.371. The predicted octanol–water partition coefficient (Wildman–Crippen LogP) is 1.24. The Morgan fingerprint density at radius 1 is 1.26 bits per heavy atom. The van der Waals surface area contributed by atoms with Crippen molar-refractivity contribution in [3.63, 3.8) is 0 Å². The second-order valence-electron chi connectivity index (χ2n) is 7.36. The molecule has 0 spiro atoms. The Hall–Kier alpha value is -3.37. The van der Waals surface area contributed by atoms with E-state index in [-0.39, 0.29) is 61.8 Å². The largest absolute Gasteiger partial charge is 0.486 e. The summed E-state index contributed by atoms with van der Waals surface area (Å²) in [4.78, 5) is 51.1. The molecule has 1 fully saturated rings. The molecule has 11 heteroatoms. The fourth-order valence-electron chi connectivity index (χ4n) is 3.64. The number of rotatable bonds is 6. The number of amides is 2. The average molecular weight is 435 g/mol. The number of piperidine rings is 1. The van der Waals surface area contributed by atoms with Crippen LogP contribution in [0.5, 0.6) is 11.5 Å². The Bertz CT molecular complexity index is 887. The number of nitro groups is 1. The van der Waals surface area contributed by atoms with Crippen LogP contribution in [0.25, 0.3) is 0 Å². The first-order valence-corrected chi connectivity index (χ1v) is 10.1. The summed E-state index contributed by atoms with van der Waals surface area (Å²) in [6.07, 6.45) is 1.29. The van der Waals surface area contributed by atoms with Gasteiger partial charge in [0.15, 0.2) is 11.5 Å². The third kappa shape index (κ3) is 5.04. The van der Waals surface area contributed by atoms with E-state index in [0.717, 1.165) is 11.0 Å². The summed E-state index contributed by atoms with van der Waals surface area (Å²) in [5.74, 6) is -1.31. The first kappa shape index (κ1) is 22.3. The second-order valence-corrected chi connectivity index (χ2v) is 7.36. The molecule has 0 radical (unpaired) electrons. The third-order valence-corrected chi connectivity index (χ3v) is 5.20. The van der Waals surface area contributed by atoms with Gasteiger partial charge in [0.25, 0.3) is 11.6 Å². The Balaban J connectivity index is 1.71. The van der Waals surface area contributed by atoms with E-state index in [1.54, 1.807) is 6.92 Å². The number of ether oxygens (including phenoxy) is 3. The van der Waals surface area contributed by atoms with Gasteiger partial charge in [-0.2, -0.15) is 0 Å². The molecule has 1 unspecified atom stereocenters. The molecule has 31 heavy (non-hydrogen) atoms. The number of carbonyl (C=O) groups is 3. The highest BCUT2D eigenvalue weighted by Crippen LogP contribution is 2.37. The highest BCUT2D eigenvalue weighted by atomic mass is 16.6. The molecule has 0 aromatic heterocycles. The Morgan fingerprint density at radius 2 is 1.94 bits per heavy atom. The topological polar surface area (TPSA) is 129 Å². The van der Waals surface area contributed by atoms with E-state index in [2.05, 4.69) is 0 Å². The number of benzene rings is 1. The van der Waals surface area contributed by atoms with Crippen LogP contribution in [-0.2, 0) is 14.3 Å². The fraction of sp³-hybridized carbons (Fsp3) is 0.550. The Labute approximate surface area is 179 Å². The maximum Gasteiger partial charge on any atom is 0.310 e. The predicted molar refractivity (Wildman–Crippen MR) is 107 cm³/mol. The number of hydrogen-bond acceptors (Lipinski definition) is 8. The van der Waals surface area contributed by atoms with Crippen LogP contribution in [0.1, 0.15) is 30.1 Å². The SMILES string of the molecule is CCOC(=O)C1CCCN(C(=O)CN(C)C(=O)c2cc3c(cc2[N+](=O)[O-])OCCO3)C1. The van der Waals surface area contributed by atoms with E-state index in [0.29, 0.717) is 19.4 Å². The van der Waals surface area contributed by atoms with Gasteiger partial charge in [-0.3, -0.25) is 24.5 Å². The highest BCUT2D eigenvalue weighted by Gasteiger charge is 2.32. The number of nitro benzene ring substituents is 1. The molecule has 1 aromatic rings. The van der Waals surface area contributed by atoms with Crippen molar-refractivity contribution in [3.8, 4) is 11.5 Å². The summed E-state index contributed by atoms with van der Waals surface area (Å²) in [6.45, 7) is 2.94. The van der Waals surface area contributed by atoms with Crippen LogP contribution in [0.4, 0.5) is 5.69 Å². The normalized spacial score (nSPS) is 17.6. The molecule has 11 nitrogen and oxygen atoms in total. The van der Waals surface area contributed by atoms with Crippen LogP contribution in [0.2, 0.25) is 0 Å². The Morgan fingerprint density at radius 3 is 2.58 bits per heavy atom. The number of nitrogens with zero attached hydrogens (tertiary/aromatic N) is 3. The number of fused-ring (bicyclic) bond motifs is 1. The summed E-state index contributed by atoms with van der Waals surface area (Å²) in [5.41, 5.74) is -0.610. The molecule has 1 saturated heterocycles. The second kappa shape index (κ2) is 9.63. The molecule has 0 aliphatic carbocycles. The molecule has 0 N–H and O–H groups in total. The summed E-state index contributed by atoms with van der Waals surface area (Å²) in [5, 5.41) is 11.5. The van der Waals surface area contributed by atoms with Crippen LogP contribution in [0, 0.1) is 16.0 Å². The van der Waals surface area contributed by atoms with Gasteiger partial charge in [-0.25, -0.2) is 0 Å². The standard InChI is InChI=1S/C20H25N3O8/c1-3-29-20(26)13-5-4-6-22(11-13)18(24)12-21(2)19(25)14-9-16-17(31-8-7-30-16)10-15(14)23(27)28/h9-10,13H,3-8,11-12H2,1-2H3.